The van der Waals surface area contributed by atoms with E-state index in [1.807, 2.05) is 43.8 Å². The number of nitrogens with one attached hydrogen (secondary N) is 2. The zero-order valence-corrected chi connectivity index (χ0v) is 16.2. The fourth-order valence-corrected chi connectivity index (χ4v) is 3.65. The summed E-state index contributed by atoms with van der Waals surface area (Å²) in [4.78, 5) is 13.9. The van der Waals surface area contributed by atoms with Crippen LogP contribution in [0.15, 0.2) is 27.6 Å². The fraction of sp³-hybridized carbons (Fsp3) is 0.412. The van der Waals surface area contributed by atoms with Gasteiger partial charge in [-0.15, -0.1) is 4.83 Å². The molecule has 0 bridgehead atoms. The van der Waals surface area contributed by atoms with Gasteiger partial charge < -0.3 is 9.26 Å². The number of sulfonamides is 1. The highest BCUT2D eigenvalue weighted by Gasteiger charge is 2.24. The van der Waals surface area contributed by atoms with Gasteiger partial charge in [0, 0.05) is 0 Å². The van der Waals surface area contributed by atoms with Gasteiger partial charge >= 0.3 is 0 Å². The molecule has 0 saturated carbocycles. The predicted molar refractivity (Wildman–Crippen MR) is 95.2 cm³/mol. The van der Waals surface area contributed by atoms with Gasteiger partial charge in [-0.25, -0.2) is 8.42 Å². The summed E-state index contributed by atoms with van der Waals surface area (Å²) < 4.78 is 34.9. The molecule has 2 aromatic rings. The SMILES string of the molecule is Cc1ccc(C(C)C)c(OCC(=O)NNS(=O)(=O)c2c(C)noc2C)c1. The minimum atomic E-state index is -3.98. The van der Waals surface area contributed by atoms with Gasteiger partial charge in [-0.3, -0.25) is 10.2 Å². The third-order valence-corrected chi connectivity index (χ3v) is 5.20. The third-order valence-electron chi connectivity index (χ3n) is 3.71. The van der Waals surface area contributed by atoms with Gasteiger partial charge in [0.05, 0.1) is 0 Å². The molecule has 2 N–H and O–H groups in total. The summed E-state index contributed by atoms with van der Waals surface area (Å²) in [5.74, 6) is 0.341. The molecule has 1 amide bonds. The highest BCUT2D eigenvalue weighted by Crippen LogP contribution is 2.27. The molecular formula is C17H23N3O5S. The number of amides is 1. The number of hydrazine groups is 1. The van der Waals surface area contributed by atoms with Crippen molar-refractivity contribution in [2.45, 2.75) is 45.4 Å². The van der Waals surface area contributed by atoms with Crippen LogP contribution in [-0.4, -0.2) is 26.1 Å². The fourth-order valence-electron chi connectivity index (χ4n) is 2.46. The van der Waals surface area contributed by atoms with Gasteiger partial charge in [-0.05, 0) is 43.9 Å². The monoisotopic (exact) mass is 381 g/mol. The molecule has 1 aromatic heterocycles. The summed E-state index contributed by atoms with van der Waals surface area (Å²) in [6, 6.07) is 5.77. The van der Waals surface area contributed by atoms with Crippen LogP contribution in [0.4, 0.5) is 0 Å². The molecular weight excluding hydrogens is 358 g/mol. The van der Waals surface area contributed by atoms with Crippen molar-refractivity contribution in [1.29, 1.82) is 0 Å². The first-order chi connectivity index (χ1) is 12.1. The third kappa shape index (κ3) is 4.61. The molecule has 0 aliphatic carbocycles. The van der Waals surface area contributed by atoms with Gasteiger partial charge in [-0.2, -0.15) is 0 Å². The lowest BCUT2D eigenvalue weighted by molar-refractivity contribution is -0.123. The van der Waals surface area contributed by atoms with Crippen molar-refractivity contribution in [3.05, 3.63) is 40.8 Å². The number of nitrogens with zero attached hydrogens (tertiary/aromatic N) is 1. The normalized spacial score (nSPS) is 11.6. The molecule has 0 unspecified atom stereocenters. The van der Waals surface area contributed by atoms with E-state index in [2.05, 4.69) is 10.6 Å². The topological polar surface area (TPSA) is 111 Å². The molecule has 1 heterocycles. The van der Waals surface area contributed by atoms with E-state index in [0.29, 0.717) is 5.75 Å². The van der Waals surface area contributed by atoms with Gasteiger partial charge in [0.25, 0.3) is 15.9 Å². The molecule has 0 atom stereocenters. The molecule has 0 aliphatic heterocycles. The average molecular weight is 381 g/mol. The molecule has 0 spiro atoms. The standard InChI is InChI=1S/C17H23N3O5S/c1-10(2)14-7-6-11(3)8-15(14)24-9-16(21)18-20-26(22,23)17-12(4)19-25-13(17)5/h6-8,10,20H,9H2,1-5H3,(H,18,21). The first-order valence-corrected chi connectivity index (χ1v) is 9.57. The van der Waals surface area contributed by atoms with Crippen molar-refractivity contribution in [2.75, 3.05) is 6.61 Å². The van der Waals surface area contributed by atoms with Crippen LogP contribution in [0.25, 0.3) is 0 Å². The quantitative estimate of drug-likeness (QED) is 0.711. The van der Waals surface area contributed by atoms with E-state index >= 15 is 0 Å². The maximum absolute atomic E-state index is 12.2. The van der Waals surface area contributed by atoms with Crippen molar-refractivity contribution < 1.29 is 22.5 Å². The Kier molecular flexibility index (Phi) is 6.04. The van der Waals surface area contributed by atoms with Crippen LogP contribution in [-0.2, 0) is 14.8 Å². The smallest absolute Gasteiger partial charge is 0.272 e. The summed E-state index contributed by atoms with van der Waals surface area (Å²) in [7, 11) is -3.98. The lowest BCUT2D eigenvalue weighted by Crippen LogP contribution is -2.44. The molecule has 2 rings (SSSR count). The highest BCUT2D eigenvalue weighted by atomic mass is 32.2. The minimum absolute atomic E-state index is 0.0977. The van der Waals surface area contributed by atoms with Crippen LogP contribution in [0.2, 0.25) is 0 Å². The molecule has 0 fully saturated rings. The first-order valence-electron chi connectivity index (χ1n) is 8.08. The summed E-state index contributed by atoms with van der Waals surface area (Å²) in [5.41, 5.74) is 4.31. The van der Waals surface area contributed by atoms with Crippen LogP contribution in [0, 0.1) is 20.8 Å². The van der Waals surface area contributed by atoms with Crippen molar-refractivity contribution in [3.8, 4) is 5.75 Å². The zero-order chi connectivity index (χ0) is 19.5. The van der Waals surface area contributed by atoms with Gasteiger partial charge in [0.1, 0.15) is 16.3 Å². The molecule has 9 heteroatoms. The van der Waals surface area contributed by atoms with E-state index in [4.69, 9.17) is 9.26 Å². The summed E-state index contributed by atoms with van der Waals surface area (Å²) >= 11 is 0. The second-order valence-electron chi connectivity index (χ2n) is 6.29. The maximum Gasteiger partial charge on any atom is 0.272 e. The van der Waals surface area contributed by atoms with Gasteiger partial charge in [0.2, 0.25) is 0 Å². The van der Waals surface area contributed by atoms with E-state index in [-0.39, 0.29) is 28.9 Å². The lowest BCUT2D eigenvalue weighted by Gasteiger charge is -2.15. The molecule has 1 aromatic carbocycles. The number of ether oxygens (including phenoxy) is 1. The second kappa shape index (κ2) is 7.88. The Labute approximate surface area is 152 Å². The Hall–Kier alpha value is -2.39. The largest absolute Gasteiger partial charge is 0.483 e. The number of carbonyl (C=O) groups is 1. The molecule has 0 aliphatic rings. The lowest BCUT2D eigenvalue weighted by atomic mass is 10.0. The highest BCUT2D eigenvalue weighted by molar-refractivity contribution is 7.89. The number of hydrogen-bond acceptors (Lipinski definition) is 6. The number of benzene rings is 1. The van der Waals surface area contributed by atoms with Crippen molar-refractivity contribution in [2.24, 2.45) is 0 Å². The molecule has 8 nitrogen and oxygen atoms in total. The van der Waals surface area contributed by atoms with Crippen molar-refractivity contribution in [1.82, 2.24) is 15.4 Å². The number of aromatic nitrogens is 1. The molecule has 0 radical (unpaired) electrons. The van der Waals surface area contributed by atoms with Crippen LogP contribution >= 0.6 is 0 Å². The maximum atomic E-state index is 12.2. The van der Waals surface area contributed by atoms with Crippen LogP contribution in [0.1, 0.15) is 42.3 Å². The van der Waals surface area contributed by atoms with E-state index in [9.17, 15) is 13.2 Å². The Morgan fingerprint density at radius 1 is 1.27 bits per heavy atom. The minimum Gasteiger partial charge on any atom is -0.483 e. The number of aryl methyl sites for hydroxylation is 3. The Balaban J connectivity index is 1.99. The van der Waals surface area contributed by atoms with E-state index < -0.39 is 15.9 Å². The van der Waals surface area contributed by atoms with E-state index in [1.165, 1.54) is 13.8 Å². The Morgan fingerprint density at radius 3 is 2.54 bits per heavy atom. The van der Waals surface area contributed by atoms with Crippen LogP contribution in [0.5, 0.6) is 5.75 Å². The van der Waals surface area contributed by atoms with Crippen molar-refractivity contribution >= 4 is 15.9 Å². The van der Waals surface area contributed by atoms with Gasteiger partial charge in [-0.1, -0.05) is 31.1 Å². The summed E-state index contributed by atoms with van der Waals surface area (Å²) in [6.07, 6.45) is 0. The second-order valence-corrected chi connectivity index (χ2v) is 7.91. The van der Waals surface area contributed by atoms with E-state index in [0.717, 1.165) is 11.1 Å². The number of rotatable bonds is 7. The van der Waals surface area contributed by atoms with Crippen molar-refractivity contribution in [3.63, 3.8) is 0 Å². The molecule has 142 valence electrons. The Morgan fingerprint density at radius 2 is 1.96 bits per heavy atom. The molecule has 26 heavy (non-hydrogen) atoms. The Bertz CT molecular complexity index is 884. The molecule has 0 saturated heterocycles. The van der Waals surface area contributed by atoms with Gasteiger partial charge in [0.15, 0.2) is 12.4 Å². The van der Waals surface area contributed by atoms with E-state index in [1.54, 1.807) is 0 Å². The van der Waals surface area contributed by atoms with Crippen LogP contribution < -0.4 is 15.0 Å². The predicted octanol–water partition coefficient (Wildman–Crippen LogP) is 2.11. The zero-order valence-electron chi connectivity index (χ0n) is 15.4. The number of hydrogen-bond donors (Lipinski definition) is 2. The average Bonchev–Trinajstić information content (AvgIpc) is 2.90. The summed E-state index contributed by atoms with van der Waals surface area (Å²) in [5, 5.41) is 3.59. The van der Waals surface area contributed by atoms with Crippen LogP contribution in [0.3, 0.4) is 0 Å². The number of carbonyl (C=O) groups excluding carboxylic acids is 1. The summed E-state index contributed by atoms with van der Waals surface area (Å²) in [6.45, 7) is 8.62. The first kappa shape index (κ1) is 19.9.